The molecular formula is C27H33ClF2N4O4S. The van der Waals surface area contributed by atoms with Crippen molar-refractivity contribution in [3.05, 3.63) is 45.1 Å². The zero-order valence-corrected chi connectivity index (χ0v) is 23.5. The van der Waals surface area contributed by atoms with Gasteiger partial charge in [-0.1, -0.05) is 25.4 Å². The SMILES string of the molecule is CC(C)CN(CC1CC1)[C@H](CNC(=O)c1ccc(Cl)s1)C(=O)Nc1ccc(N2CCOCC2=O)cc1C(F)F. The highest BCUT2D eigenvalue weighted by Crippen LogP contribution is 2.33. The third-order valence-electron chi connectivity index (χ3n) is 6.61. The zero-order valence-electron chi connectivity index (χ0n) is 21.9. The molecule has 2 heterocycles. The first-order valence-electron chi connectivity index (χ1n) is 13.0. The van der Waals surface area contributed by atoms with Crippen molar-refractivity contribution < 1.29 is 27.9 Å². The van der Waals surface area contributed by atoms with Crippen molar-refractivity contribution in [1.29, 1.82) is 0 Å². The summed E-state index contributed by atoms with van der Waals surface area (Å²) in [5.74, 6) is -0.447. The number of hydrogen-bond acceptors (Lipinski definition) is 6. The lowest BCUT2D eigenvalue weighted by Gasteiger charge is -2.32. The van der Waals surface area contributed by atoms with Gasteiger partial charge in [-0.25, -0.2) is 8.78 Å². The number of halogens is 3. The minimum Gasteiger partial charge on any atom is -0.370 e. The lowest BCUT2D eigenvalue weighted by molar-refractivity contribution is -0.125. The number of alkyl halides is 2. The summed E-state index contributed by atoms with van der Waals surface area (Å²) in [4.78, 5) is 42.4. The van der Waals surface area contributed by atoms with Crippen LogP contribution >= 0.6 is 22.9 Å². The smallest absolute Gasteiger partial charge is 0.265 e. The second-order valence-electron chi connectivity index (χ2n) is 10.3. The maximum Gasteiger partial charge on any atom is 0.265 e. The molecule has 0 unspecified atom stereocenters. The Morgan fingerprint density at radius 2 is 2.00 bits per heavy atom. The molecule has 4 rings (SSSR count). The first kappa shape index (κ1) is 29.4. The summed E-state index contributed by atoms with van der Waals surface area (Å²) in [5, 5.41) is 5.52. The molecule has 2 N–H and O–H groups in total. The topological polar surface area (TPSA) is 91.0 Å². The number of morpholine rings is 1. The van der Waals surface area contributed by atoms with Crippen LogP contribution in [-0.4, -0.2) is 68.1 Å². The number of ether oxygens (including phenoxy) is 1. The van der Waals surface area contributed by atoms with Gasteiger partial charge in [-0.15, -0.1) is 11.3 Å². The van der Waals surface area contributed by atoms with Crippen LogP contribution in [0, 0.1) is 11.8 Å². The van der Waals surface area contributed by atoms with Gasteiger partial charge >= 0.3 is 0 Å². The van der Waals surface area contributed by atoms with Gasteiger partial charge in [0.2, 0.25) is 5.91 Å². The molecule has 39 heavy (non-hydrogen) atoms. The van der Waals surface area contributed by atoms with Crippen LogP contribution in [0.2, 0.25) is 4.34 Å². The highest BCUT2D eigenvalue weighted by atomic mass is 35.5. The lowest BCUT2D eigenvalue weighted by atomic mass is 10.1. The van der Waals surface area contributed by atoms with Gasteiger partial charge in [-0.05, 0) is 55.0 Å². The third-order valence-corrected chi connectivity index (χ3v) is 7.84. The molecule has 0 radical (unpaired) electrons. The molecule has 1 aliphatic heterocycles. The van der Waals surface area contributed by atoms with E-state index in [1.807, 2.05) is 18.7 Å². The Morgan fingerprint density at radius 3 is 2.62 bits per heavy atom. The molecule has 1 atom stereocenters. The van der Waals surface area contributed by atoms with Crippen molar-refractivity contribution in [3.63, 3.8) is 0 Å². The molecule has 8 nitrogen and oxygen atoms in total. The Morgan fingerprint density at radius 1 is 1.23 bits per heavy atom. The second-order valence-corrected chi connectivity index (χ2v) is 12.0. The van der Waals surface area contributed by atoms with E-state index in [1.165, 1.54) is 23.1 Å². The van der Waals surface area contributed by atoms with Gasteiger partial charge in [0.1, 0.15) is 12.6 Å². The fraction of sp³-hybridized carbons (Fsp3) is 0.519. The van der Waals surface area contributed by atoms with Gasteiger partial charge in [0.05, 0.1) is 15.8 Å². The number of amides is 3. The van der Waals surface area contributed by atoms with Crippen molar-refractivity contribution in [2.75, 3.05) is 49.6 Å². The van der Waals surface area contributed by atoms with Gasteiger partial charge < -0.3 is 20.3 Å². The van der Waals surface area contributed by atoms with Crippen LogP contribution in [0.25, 0.3) is 0 Å². The average Bonchev–Trinajstić information content (AvgIpc) is 3.60. The zero-order chi connectivity index (χ0) is 28.1. The van der Waals surface area contributed by atoms with Gasteiger partial charge in [0.25, 0.3) is 18.2 Å². The molecule has 2 fully saturated rings. The number of nitrogens with one attached hydrogen (secondary N) is 2. The molecule has 2 aromatic rings. The first-order chi connectivity index (χ1) is 18.6. The van der Waals surface area contributed by atoms with E-state index >= 15 is 0 Å². The molecule has 0 bridgehead atoms. The maximum atomic E-state index is 14.1. The van der Waals surface area contributed by atoms with Crippen LogP contribution in [0.3, 0.4) is 0 Å². The van der Waals surface area contributed by atoms with Crippen LogP contribution in [0.15, 0.2) is 30.3 Å². The van der Waals surface area contributed by atoms with Crippen LogP contribution in [-0.2, 0) is 14.3 Å². The van der Waals surface area contributed by atoms with E-state index in [1.54, 1.807) is 12.1 Å². The molecule has 212 valence electrons. The standard InChI is InChI=1S/C27H33ClF2N4O4S/c1-16(2)13-33(14-17-3-4-17)21(12-31-27(37)22-7-8-23(28)39-22)26(36)32-20-6-5-18(11-19(20)25(29)30)34-9-10-38-15-24(34)35/h5-8,11,16-17,21,25H,3-4,9-10,12-15H2,1-2H3,(H,31,37)(H,32,36)/t21-/m1/s1. The Balaban J connectivity index is 1.56. The third kappa shape index (κ3) is 7.97. The molecule has 12 heteroatoms. The average molecular weight is 583 g/mol. The predicted molar refractivity (Wildman–Crippen MR) is 148 cm³/mol. The van der Waals surface area contributed by atoms with E-state index in [0.29, 0.717) is 40.5 Å². The minimum absolute atomic E-state index is 0.00397. The van der Waals surface area contributed by atoms with Gasteiger partial charge in [-0.3, -0.25) is 19.3 Å². The van der Waals surface area contributed by atoms with Crippen molar-refractivity contribution in [1.82, 2.24) is 10.2 Å². The normalized spacial score (nSPS) is 16.7. The van der Waals surface area contributed by atoms with Gasteiger partial charge in [0.15, 0.2) is 0 Å². The summed E-state index contributed by atoms with van der Waals surface area (Å²) in [6.45, 7) is 5.83. The number of nitrogens with zero attached hydrogens (tertiary/aromatic N) is 2. The molecule has 1 saturated carbocycles. The van der Waals surface area contributed by atoms with E-state index in [0.717, 1.165) is 24.2 Å². The molecule has 0 spiro atoms. The summed E-state index contributed by atoms with van der Waals surface area (Å²) in [6, 6.07) is 6.63. The molecule has 1 saturated heterocycles. The number of thiophene rings is 1. The Hall–Kier alpha value is -2.60. The minimum atomic E-state index is -2.88. The van der Waals surface area contributed by atoms with Crippen LogP contribution < -0.4 is 15.5 Å². The predicted octanol–water partition coefficient (Wildman–Crippen LogP) is 4.81. The highest BCUT2D eigenvalue weighted by Gasteiger charge is 2.33. The number of rotatable bonds is 12. The van der Waals surface area contributed by atoms with Crippen LogP contribution in [0.1, 0.15) is 48.3 Å². The highest BCUT2D eigenvalue weighted by molar-refractivity contribution is 7.18. The Kier molecular flexibility index (Phi) is 9.92. The number of carbonyl (C=O) groups is 3. The molecule has 1 aromatic heterocycles. The number of carbonyl (C=O) groups excluding carboxylic acids is 3. The molecule has 1 aromatic carbocycles. The van der Waals surface area contributed by atoms with E-state index in [-0.39, 0.29) is 48.7 Å². The lowest BCUT2D eigenvalue weighted by Crippen LogP contribution is -2.52. The summed E-state index contributed by atoms with van der Waals surface area (Å²) < 4.78 is 33.8. The van der Waals surface area contributed by atoms with Crippen molar-refractivity contribution >= 4 is 52.0 Å². The summed E-state index contributed by atoms with van der Waals surface area (Å²) >= 11 is 7.10. The Bertz CT molecular complexity index is 1190. The van der Waals surface area contributed by atoms with Gasteiger partial charge in [0, 0.05) is 43.1 Å². The van der Waals surface area contributed by atoms with Crippen molar-refractivity contribution in [3.8, 4) is 0 Å². The molecule has 3 amide bonds. The largest absolute Gasteiger partial charge is 0.370 e. The Labute approximate surface area is 235 Å². The van der Waals surface area contributed by atoms with Crippen molar-refractivity contribution in [2.24, 2.45) is 11.8 Å². The van der Waals surface area contributed by atoms with Crippen LogP contribution in [0.4, 0.5) is 20.2 Å². The fourth-order valence-corrected chi connectivity index (χ4v) is 5.51. The monoisotopic (exact) mass is 582 g/mol. The van der Waals surface area contributed by atoms with Gasteiger partial charge in [-0.2, -0.15) is 0 Å². The van der Waals surface area contributed by atoms with E-state index in [9.17, 15) is 23.2 Å². The summed E-state index contributed by atoms with van der Waals surface area (Å²) in [7, 11) is 0. The van der Waals surface area contributed by atoms with E-state index in [4.69, 9.17) is 16.3 Å². The number of benzene rings is 1. The fourth-order valence-electron chi connectivity index (χ4n) is 4.55. The number of hydrogen-bond donors (Lipinski definition) is 2. The summed E-state index contributed by atoms with van der Waals surface area (Å²) in [6.07, 6.45) is -0.739. The summed E-state index contributed by atoms with van der Waals surface area (Å²) in [5.41, 5.74) is -0.0873. The second kappa shape index (κ2) is 13.2. The molecular weight excluding hydrogens is 550 g/mol. The van der Waals surface area contributed by atoms with Crippen LogP contribution in [0.5, 0.6) is 0 Å². The molecule has 2 aliphatic rings. The van der Waals surface area contributed by atoms with Crippen molar-refractivity contribution in [2.45, 2.75) is 39.2 Å². The van der Waals surface area contributed by atoms with E-state index < -0.39 is 18.4 Å². The molecule has 1 aliphatic carbocycles. The first-order valence-corrected chi connectivity index (χ1v) is 14.2. The maximum absolute atomic E-state index is 14.1. The quantitative estimate of drug-likeness (QED) is 0.375. The van der Waals surface area contributed by atoms with E-state index in [2.05, 4.69) is 10.6 Å². The number of anilines is 2.